The molecule has 0 aliphatic rings. The zero-order chi connectivity index (χ0) is 8.27. The van der Waals surface area contributed by atoms with E-state index in [2.05, 4.69) is 10.2 Å². The number of aromatic nitrogens is 2. The molecule has 0 aliphatic heterocycles. The van der Waals surface area contributed by atoms with Crippen LogP contribution < -0.4 is 10.8 Å². The third kappa shape index (κ3) is 2.72. The summed E-state index contributed by atoms with van der Waals surface area (Å²) >= 11 is 2.21. The van der Waals surface area contributed by atoms with Crippen molar-refractivity contribution in [1.29, 1.82) is 0 Å². The Bertz CT molecular complexity index is 262. The van der Waals surface area contributed by atoms with Crippen LogP contribution in [-0.4, -0.2) is 21.9 Å². The first-order valence-corrected chi connectivity index (χ1v) is 4.40. The molecule has 0 saturated carbocycles. The summed E-state index contributed by atoms with van der Waals surface area (Å²) in [6.07, 6.45) is 0. The van der Waals surface area contributed by atoms with Crippen molar-refractivity contribution >= 4 is 34.2 Å². The summed E-state index contributed by atoms with van der Waals surface area (Å²) < 4.78 is 0.548. The average molecular weight is 190 g/mol. The Kier molecular flexibility index (Phi) is 2.66. The maximum atomic E-state index is 9.97. The molecule has 0 aromatic carbocycles. The summed E-state index contributed by atoms with van der Waals surface area (Å²) in [5.74, 6) is -1.24. The fraction of sp³-hybridized carbons (Fsp3) is 0.250. The number of nitrogens with zero attached hydrogens (tertiary/aromatic N) is 2. The number of nitrogen functional groups attached to an aromatic ring is 1. The van der Waals surface area contributed by atoms with Gasteiger partial charge in [0.25, 0.3) is 0 Å². The van der Waals surface area contributed by atoms with E-state index in [0.29, 0.717) is 9.47 Å². The quantitative estimate of drug-likeness (QED) is 0.612. The van der Waals surface area contributed by atoms with Crippen molar-refractivity contribution in [2.24, 2.45) is 0 Å². The van der Waals surface area contributed by atoms with Gasteiger partial charge in [0, 0.05) is 5.75 Å². The van der Waals surface area contributed by atoms with E-state index in [0.717, 1.165) is 23.1 Å². The molecule has 1 aromatic heterocycles. The molecule has 0 saturated heterocycles. The summed E-state index contributed by atoms with van der Waals surface area (Å²) in [7, 11) is 0. The minimum absolute atomic E-state index is 0.116. The van der Waals surface area contributed by atoms with Crippen LogP contribution in [0.15, 0.2) is 4.34 Å². The van der Waals surface area contributed by atoms with Crippen LogP contribution in [0.3, 0.4) is 0 Å². The number of carbonyl (C=O) groups is 1. The van der Waals surface area contributed by atoms with Gasteiger partial charge < -0.3 is 15.6 Å². The second-order valence-corrected chi connectivity index (χ2v) is 3.80. The molecule has 0 amide bonds. The lowest BCUT2D eigenvalue weighted by molar-refractivity contribution is -0.301. The molecule has 1 rings (SSSR count). The Hall–Kier alpha value is -0.820. The summed E-state index contributed by atoms with van der Waals surface area (Å²) in [6, 6.07) is 0. The van der Waals surface area contributed by atoms with Crippen LogP contribution in [0.25, 0.3) is 0 Å². The normalized spacial score (nSPS) is 9.82. The SMILES string of the molecule is Nc1nnc(SCC(=O)[O-])s1. The van der Waals surface area contributed by atoms with Crippen LogP contribution in [-0.2, 0) is 4.79 Å². The molecule has 60 valence electrons. The van der Waals surface area contributed by atoms with E-state index in [9.17, 15) is 9.90 Å². The molecular formula is C4H4N3O2S2-. The van der Waals surface area contributed by atoms with E-state index in [1.165, 1.54) is 0 Å². The minimum atomic E-state index is -1.12. The van der Waals surface area contributed by atoms with Crippen LogP contribution in [0.2, 0.25) is 0 Å². The summed E-state index contributed by atoms with van der Waals surface area (Å²) in [5.41, 5.74) is 5.25. The van der Waals surface area contributed by atoms with Crippen LogP contribution in [0.1, 0.15) is 0 Å². The number of hydrogen-bond acceptors (Lipinski definition) is 7. The van der Waals surface area contributed by atoms with Gasteiger partial charge in [0.15, 0.2) is 4.34 Å². The number of rotatable bonds is 3. The first-order chi connectivity index (χ1) is 5.18. The zero-order valence-electron chi connectivity index (χ0n) is 5.31. The van der Waals surface area contributed by atoms with E-state index in [1.807, 2.05) is 0 Å². The molecule has 1 heterocycles. The Balaban J connectivity index is 2.45. The molecule has 5 nitrogen and oxygen atoms in total. The van der Waals surface area contributed by atoms with Crippen LogP contribution in [0, 0.1) is 0 Å². The van der Waals surface area contributed by atoms with Crippen molar-refractivity contribution in [3.05, 3.63) is 0 Å². The maximum Gasteiger partial charge on any atom is 0.203 e. The molecule has 0 spiro atoms. The molecule has 0 bridgehead atoms. The second kappa shape index (κ2) is 3.54. The molecule has 2 N–H and O–H groups in total. The van der Waals surface area contributed by atoms with Crippen LogP contribution in [0.4, 0.5) is 5.13 Å². The van der Waals surface area contributed by atoms with Gasteiger partial charge in [-0.05, 0) is 0 Å². The van der Waals surface area contributed by atoms with Gasteiger partial charge in [-0.1, -0.05) is 23.1 Å². The van der Waals surface area contributed by atoms with Gasteiger partial charge in [-0.3, -0.25) is 0 Å². The Labute approximate surface area is 70.6 Å². The van der Waals surface area contributed by atoms with Gasteiger partial charge in [-0.15, -0.1) is 10.2 Å². The molecule has 0 aliphatic carbocycles. The number of anilines is 1. The van der Waals surface area contributed by atoms with Crippen LogP contribution >= 0.6 is 23.1 Å². The molecule has 0 fully saturated rings. The van der Waals surface area contributed by atoms with Gasteiger partial charge in [0.2, 0.25) is 5.13 Å². The highest BCUT2D eigenvalue weighted by Crippen LogP contribution is 2.22. The largest absolute Gasteiger partial charge is 0.549 e. The molecular weight excluding hydrogens is 186 g/mol. The van der Waals surface area contributed by atoms with E-state index in [4.69, 9.17) is 5.73 Å². The lowest BCUT2D eigenvalue weighted by atomic mass is 10.8. The Morgan fingerprint density at radius 1 is 1.73 bits per heavy atom. The highest BCUT2D eigenvalue weighted by molar-refractivity contribution is 8.01. The second-order valence-electron chi connectivity index (χ2n) is 1.57. The highest BCUT2D eigenvalue weighted by atomic mass is 32.2. The molecule has 7 heteroatoms. The van der Waals surface area contributed by atoms with Crippen molar-refractivity contribution in [2.45, 2.75) is 4.34 Å². The number of nitrogens with two attached hydrogens (primary N) is 1. The molecule has 11 heavy (non-hydrogen) atoms. The van der Waals surface area contributed by atoms with E-state index >= 15 is 0 Å². The predicted molar refractivity (Wildman–Crippen MR) is 40.1 cm³/mol. The third-order valence-corrected chi connectivity index (χ3v) is 2.59. The molecule has 0 atom stereocenters. The first-order valence-electron chi connectivity index (χ1n) is 2.60. The lowest BCUT2D eigenvalue weighted by Gasteiger charge is -1.95. The lowest BCUT2D eigenvalue weighted by Crippen LogP contribution is -2.24. The van der Waals surface area contributed by atoms with Gasteiger partial charge in [0.1, 0.15) is 0 Å². The first kappa shape index (κ1) is 8.28. The Morgan fingerprint density at radius 2 is 2.45 bits per heavy atom. The average Bonchev–Trinajstić information content (AvgIpc) is 2.31. The predicted octanol–water partition coefficient (Wildman–Crippen LogP) is -1.04. The fourth-order valence-electron chi connectivity index (χ4n) is 0.399. The number of hydrogen-bond donors (Lipinski definition) is 1. The van der Waals surface area contributed by atoms with E-state index < -0.39 is 5.97 Å². The smallest absolute Gasteiger partial charge is 0.203 e. The van der Waals surface area contributed by atoms with Crippen molar-refractivity contribution in [3.63, 3.8) is 0 Å². The molecule has 0 radical (unpaired) electrons. The number of carbonyl (C=O) groups excluding carboxylic acids is 1. The highest BCUT2D eigenvalue weighted by Gasteiger charge is 2.00. The van der Waals surface area contributed by atoms with E-state index in [-0.39, 0.29) is 5.75 Å². The third-order valence-electron chi connectivity index (χ3n) is 0.736. The number of carboxylic acids is 1. The fourth-order valence-corrected chi connectivity index (χ4v) is 1.75. The van der Waals surface area contributed by atoms with Crippen molar-refractivity contribution in [3.8, 4) is 0 Å². The zero-order valence-corrected chi connectivity index (χ0v) is 6.94. The van der Waals surface area contributed by atoms with Gasteiger partial charge in [0.05, 0.1) is 5.97 Å². The van der Waals surface area contributed by atoms with Crippen molar-refractivity contribution in [1.82, 2.24) is 10.2 Å². The van der Waals surface area contributed by atoms with E-state index in [1.54, 1.807) is 0 Å². The number of carboxylic acid groups (broad SMARTS) is 1. The number of thioether (sulfide) groups is 1. The van der Waals surface area contributed by atoms with Gasteiger partial charge in [-0.25, -0.2) is 0 Å². The maximum absolute atomic E-state index is 9.97. The van der Waals surface area contributed by atoms with Crippen molar-refractivity contribution in [2.75, 3.05) is 11.5 Å². The molecule has 0 unspecified atom stereocenters. The standard InChI is InChI=1S/C4H5N3O2S2/c5-3-6-7-4(11-3)10-1-2(8)9/h1H2,(H2,5,6)(H,8,9)/p-1. The van der Waals surface area contributed by atoms with Crippen LogP contribution in [0.5, 0.6) is 0 Å². The van der Waals surface area contributed by atoms with Crippen molar-refractivity contribution < 1.29 is 9.90 Å². The Morgan fingerprint density at radius 3 is 2.91 bits per heavy atom. The topological polar surface area (TPSA) is 91.9 Å². The summed E-state index contributed by atoms with van der Waals surface area (Å²) in [5, 5.41) is 17.4. The minimum Gasteiger partial charge on any atom is -0.549 e. The van der Waals surface area contributed by atoms with Gasteiger partial charge >= 0.3 is 0 Å². The number of aliphatic carboxylic acids is 1. The summed E-state index contributed by atoms with van der Waals surface area (Å²) in [6.45, 7) is 0. The van der Waals surface area contributed by atoms with Gasteiger partial charge in [-0.2, -0.15) is 0 Å². The molecule has 1 aromatic rings. The summed E-state index contributed by atoms with van der Waals surface area (Å²) in [4.78, 5) is 9.97. The monoisotopic (exact) mass is 190 g/mol.